The molecule has 1 heterocycles. The van der Waals surface area contributed by atoms with Crippen molar-refractivity contribution >= 4 is 0 Å². The van der Waals surface area contributed by atoms with E-state index >= 15 is 0 Å². The molecule has 0 spiro atoms. The minimum atomic E-state index is -0.268. The van der Waals surface area contributed by atoms with E-state index in [-0.39, 0.29) is 5.82 Å². The fourth-order valence-electron chi connectivity index (χ4n) is 2.68. The van der Waals surface area contributed by atoms with E-state index in [1.165, 1.54) is 12.1 Å². The third-order valence-corrected chi connectivity index (χ3v) is 4.02. The fraction of sp³-hybridized carbons (Fsp3) is 0.250. The lowest BCUT2D eigenvalue weighted by atomic mass is 10.1. The van der Waals surface area contributed by atoms with Crippen LogP contribution in [0.25, 0.3) is 16.9 Å². The normalized spacial score (nSPS) is 10.9. The van der Waals surface area contributed by atoms with Gasteiger partial charge in [-0.25, -0.2) is 9.07 Å². The van der Waals surface area contributed by atoms with E-state index in [2.05, 4.69) is 5.32 Å². The van der Waals surface area contributed by atoms with Gasteiger partial charge < -0.3 is 14.8 Å². The van der Waals surface area contributed by atoms with Crippen molar-refractivity contribution in [2.45, 2.75) is 6.54 Å². The summed E-state index contributed by atoms with van der Waals surface area (Å²) in [6.45, 7) is 2.04. The number of ether oxygens (including phenoxy) is 2. The third-order valence-electron chi connectivity index (χ3n) is 4.02. The molecule has 1 aromatic heterocycles. The maximum absolute atomic E-state index is 13.2. The van der Waals surface area contributed by atoms with Crippen molar-refractivity contribution in [3.63, 3.8) is 0 Å². The second-order valence-electron chi connectivity index (χ2n) is 5.83. The average molecular weight is 355 g/mol. The summed E-state index contributed by atoms with van der Waals surface area (Å²) in [5.41, 5.74) is 3.67. The Morgan fingerprint density at radius 1 is 1.12 bits per heavy atom. The van der Waals surface area contributed by atoms with Crippen molar-refractivity contribution in [1.82, 2.24) is 15.1 Å². The number of hydrogen-bond donors (Lipinski definition) is 1. The summed E-state index contributed by atoms with van der Waals surface area (Å²) in [5, 5.41) is 8.07. The molecule has 0 atom stereocenters. The number of aromatic nitrogens is 2. The highest BCUT2D eigenvalue weighted by atomic mass is 19.1. The molecule has 0 aliphatic carbocycles. The molecule has 0 saturated carbocycles. The van der Waals surface area contributed by atoms with Gasteiger partial charge in [0.25, 0.3) is 0 Å². The first-order valence-corrected chi connectivity index (χ1v) is 8.40. The van der Waals surface area contributed by atoms with Crippen LogP contribution in [0.15, 0.2) is 54.7 Å². The van der Waals surface area contributed by atoms with Crippen LogP contribution in [0.1, 0.15) is 5.56 Å². The first-order valence-electron chi connectivity index (χ1n) is 8.40. The van der Waals surface area contributed by atoms with Crippen LogP contribution in [0.5, 0.6) is 5.75 Å². The lowest BCUT2D eigenvalue weighted by Crippen LogP contribution is -2.18. The molecular formula is C20H22FN3O2. The number of methoxy groups -OCH3 is 2. The van der Waals surface area contributed by atoms with Gasteiger partial charge in [0.05, 0.1) is 25.1 Å². The quantitative estimate of drug-likeness (QED) is 0.629. The standard InChI is InChI=1S/C20H22FN3O2/c1-25-11-10-22-13-16-14-24(18-8-6-17(21)7-9-18)23-20(16)15-4-3-5-19(12-15)26-2/h3-9,12,14,22H,10-11,13H2,1-2H3. The van der Waals surface area contributed by atoms with E-state index < -0.39 is 0 Å². The second-order valence-corrected chi connectivity index (χ2v) is 5.83. The lowest BCUT2D eigenvalue weighted by molar-refractivity contribution is 0.199. The molecule has 3 aromatic rings. The van der Waals surface area contributed by atoms with E-state index in [9.17, 15) is 4.39 Å². The first-order chi connectivity index (χ1) is 12.7. The molecule has 0 saturated heterocycles. The van der Waals surface area contributed by atoms with Crippen molar-refractivity contribution in [3.8, 4) is 22.7 Å². The van der Waals surface area contributed by atoms with Crippen LogP contribution in [0.2, 0.25) is 0 Å². The van der Waals surface area contributed by atoms with Gasteiger partial charge in [-0.3, -0.25) is 0 Å². The maximum atomic E-state index is 13.2. The number of nitrogens with one attached hydrogen (secondary N) is 1. The van der Waals surface area contributed by atoms with Crippen molar-refractivity contribution in [3.05, 3.63) is 66.1 Å². The average Bonchev–Trinajstić information content (AvgIpc) is 3.10. The number of rotatable bonds is 8. The maximum Gasteiger partial charge on any atom is 0.123 e. The second kappa shape index (κ2) is 8.60. The molecule has 5 nitrogen and oxygen atoms in total. The topological polar surface area (TPSA) is 48.3 Å². The molecule has 0 amide bonds. The molecule has 26 heavy (non-hydrogen) atoms. The van der Waals surface area contributed by atoms with Crippen molar-refractivity contribution < 1.29 is 13.9 Å². The van der Waals surface area contributed by atoms with Gasteiger partial charge in [0.2, 0.25) is 0 Å². The molecule has 6 heteroatoms. The van der Waals surface area contributed by atoms with Crippen LogP contribution >= 0.6 is 0 Å². The van der Waals surface area contributed by atoms with E-state index in [1.807, 2.05) is 30.5 Å². The Kier molecular flexibility index (Phi) is 5.99. The molecule has 0 bridgehead atoms. The Balaban J connectivity index is 1.95. The van der Waals surface area contributed by atoms with Crippen LogP contribution < -0.4 is 10.1 Å². The number of benzene rings is 2. The molecule has 0 fully saturated rings. The van der Waals surface area contributed by atoms with E-state index in [1.54, 1.807) is 31.0 Å². The van der Waals surface area contributed by atoms with Crippen molar-refractivity contribution in [2.24, 2.45) is 0 Å². The van der Waals surface area contributed by atoms with Crippen LogP contribution in [-0.4, -0.2) is 37.2 Å². The van der Waals surface area contributed by atoms with Gasteiger partial charge in [-0.2, -0.15) is 5.10 Å². The Labute approximate surface area is 152 Å². The van der Waals surface area contributed by atoms with Gasteiger partial charge in [0, 0.05) is 37.5 Å². The minimum absolute atomic E-state index is 0.268. The van der Waals surface area contributed by atoms with Gasteiger partial charge in [-0.15, -0.1) is 0 Å². The number of halogens is 1. The molecule has 0 aliphatic rings. The zero-order valence-electron chi connectivity index (χ0n) is 14.9. The zero-order chi connectivity index (χ0) is 18.4. The summed E-state index contributed by atoms with van der Waals surface area (Å²) in [6, 6.07) is 14.1. The van der Waals surface area contributed by atoms with E-state index in [0.29, 0.717) is 13.2 Å². The third kappa shape index (κ3) is 4.28. The minimum Gasteiger partial charge on any atom is -0.497 e. The van der Waals surface area contributed by atoms with Gasteiger partial charge >= 0.3 is 0 Å². The predicted molar refractivity (Wildman–Crippen MR) is 99.1 cm³/mol. The van der Waals surface area contributed by atoms with E-state index in [4.69, 9.17) is 14.6 Å². The van der Waals surface area contributed by atoms with E-state index in [0.717, 1.165) is 34.8 Å². The molecular weight excluding hydrogens is 333 g/mol. The van der Waals surface area contributed by atoms with Gasteiger partial charge in [0.1, 0.15) is 11.6 Å². The molecule has 0 radical (unpaired) electrons. The van der Waals surface area contributed by atoms with Crippen LogP contribution in [0, 0.1) is 5.82 Å². The van der Waals surface area contributed by atoms with Crippen molar-refractivity contribution in [1.29, 1.82) is 0 Å². The summed E-state index contributed by atoms with van der Waals surface area (Å²) in [4.78, 5) is 0. The Morgan fingerprint density at radius 3 is 2.65 bits per heavy atom. The molecule has 0 unspecified atom stereocenters. The summed E-state index contributed by atoms with van der Waals surface area (Å²) in [6.07, 6.45) is 1.96. The summed E-state index contributed by atoms with van der Waals surface area (Å²) < 4.78 is 25.4. The summed E-state index contributed by atoms with van der Waals surface area (Å²) in [5.74, 6) is 0.507. The first kappa shape index (κ1) is 18.1. The molecule has 0 aliphatic heterocycles. The highest BCUT2D eigenvalue weighted by Crippen LogP contribution is 2.27. The number of hydrogen-bond acceptors (Lipinski definition) is 4. The highest BCUT2D eigenvalue weighted by Gasteiger charge is 2.13. The monoisotopic (exact) mass is 355 g/mol. The Hall–Kier alpha value is -2.70. The van der Waals surface area contributed by atoms with Crippen LogP contribution in [-0.2, 0) is 11.3 Å². The Morgan fingerprint density at radius 2 is 1.92 bits per heavy atom. The van der Waals surface area contributed by atoms with Gasteiger partial charge in [-0.1, -0.05) is 12.1 Å². The summed E-state index contributed by atoms with van der Waals surface area (Å²) >= 11 is 0. The fourth-order valence-corrected chi connectivity index (χ4v) is 2.68. The smallest absolute Gasteiger partial charge is 0.123 e. The van der Waals surface area contributed by atoms with Crippen LogP contribution in [0.4, 0.5) is 4.39 Å². The largest absolute Gasteiger partial charge is 0.497 e. The predicted octanol–water partition coefficient (Wildman–Crippen LogP) is 3.42. The van der Waals surface area contributed by atoms with Gasteiger partial charge in [0.15, 0.2) is 0 Å². The van der Waals surface area contributed by atoms with Crippen molar-refractivity contribution in [2.75, 3.05) is 27.4 Å². The van der Waals surface area contributed by atoms with Crippen LogP contribution in [0.3, 0.4) is 0 Å². The Bertz CT molecular complexity index is 847. The molecule has 2 aromatic carbocycles. The van der Waals surface area contributed by atoms with Gasteiger partial charge in [-0.05, 0) is 36.4 Å². The zero-order valence-corrected chi connectivity index (χ0v) is 14.9. The highest BCUT2D eigenvalue weighted by molar-refractivity contribution is 5.65. The molecule has 3 rings (SSSR count). The summed E-state index contributed by atoms with van der Waals surface area (Å²) in [7, 11) is 3.32. The molecule has 1 N–H and O–H groups in total. The molecule has 136 valence electrons. The lowest BCUT2D eigenvalue weighted by Gasteiger charge is -2.06. The number of nitrogens with zero attached hydrogens (tertiary/aromatic N) is 2. The SMILES string of the molecule is COCCNCc1cn(-c2ccc(F)cc2)nc1-c1cccc(OC)c1.